The lowest BCUT2D eigenvalue weighted by atomic mass is 10.2. The van der Waals surface area contributed by atoms with Crippen LogP contribution in [0.1, 0.15) is 38.7 Å². The standard InChI is InChI=1S/C16H26N2O2S/c1-14(2)12-17-13-15-8-4-5-9-16(15)21(19,20)18-10-6-3-7-11-18/h4-5,8-9,14,17H,3,6-7,10-13H2,1-2H3. The molecule has 0 saturated carbocycles. The van der Waals surface area contributed by atoms with Crippen LogP contribution in [0.5, 0.6) is 0 Å². The summed E-state index contributed by atoms with van der Waals surface area (Å²) in [6, 6.07) is 7.35. The molecule has 0 spiro atoms. The molecule has 1 aliphatic heterocycles. The lowest BCUT2D eigenvalue weighted by Crippen LogP contribution is -2.36. The third kappa shape index (κ3) is 4.28. The highest BCUT2D eigenvalue weighted by molar-refractivity contribution is 7.89. The van der Waals surface area contributed by atoms with Crippen molar-refractivity contribution in [2.45, 2.75) is 44.6 Å². The molecule has 0 bridgehead atoms. The Bertz CT molecular complexity index is 549. The molecule has 2 rings (SSSR count). The van der Waals surface area contributed by atoms with Crippen molar-refractivity contribution in [3.63, 3.8) is 0 Å². The quantitative estimate of drug-likeness (QED) is 0.878. The van der Waals surface area contributed by atoms with Crippen molar-refractivity contribution < 1.29 is 8.42 Å². The van der Waals surface area contributed by atoms with Gasteiger partial charge in [-0.15, -0.1) is 0 Å². The van der Waals surface area contributed by atoms with Gasteiger partial charge in [0.05, 0.1) is 4.90 Å². The molecule has 0 unspecified atom stereocenters. The lowest BCUT2D eigenvalue weighted by Gasteiger charge is -2.27. The molecule has 4 nitrogen and oxygen atoms in total. The van der Waals surface area contributed by atoms with E-state index < -0.39 is 10.0 Å². The van der Waals surface area contributed by atoms with E-state index >= 15 is 0 Å². The minimum atomic E-state index is -3.35. The van der Waals surface area contributed by atoms with Gasteiger partial charge in [-0.2, -0.15) is 4.31 Å². The number of sulfonamides is 1. The number of piperidine rings is 1. The van der Waals surface area contributed by atoms with Gasteiger partial charge in [-0.25, -0.2) is 8.42 Å². The van der Waals surface area contributed by atoms with Gasteiger partial charge in [0.25, 0.3) is 0 Å². The largest absolute Gasteiger partial charge is 0.312 e. The second-order valence-corrected chi connectivity index (χ2v) is 8.00. The van der Waals surface area contributed by atoms with Gasteiger partial charge in [0, 0.05) is 19.6 Å². The van der Waals surface area contributed by atoms with E-state index in [1.165, 1.54) is 0 Å². The van der Waals surface area contributed by atoms with E-state index in [1.807, 2.05) is 18.2 Å². The van der Waals surface area contributed by atoms with Gasteiger partial charge in [-0.05, 0) is 36.9 Å². The van der Waals surface area contributed by atoms with Gasteiger partial charge < -0.3 is 5.32 Å². The second kappa shape index (κ2) is 7.38. The Kier molecular flexibility index (Phi) is 5.79. The van der Waals surface area contributed by atoms with Crippen LogP contribution in [-0.4, -0.2) is 32.4 Å². The number of rotatable bonds is 6. The van der Waals surface area contributed by atoms with E-state index in [1.54, 1.807) is 10.4 Å². The number of hydrogen-bond acceptors (Lipinski definition) is 3. The fourth-order valence-corrected chi connectivity index (χ4v) is 4.38. The SMILES string of the molecule is CC(C)CNCc1ccccc1S(=O)(=O)N1CCCCC1. The van der Waals surface area contributed by atoms with Crippen LogP contribution in [-0.2, 0) is 16.6 Å². The van der Waals surface area contributed by atoms with E-state index in [2.05, 4.69) is 19.2 Å². The van der Waals surface area contributed by atoms with Gasteiger partial charge in [0.15, 0.2) is 0 Å². The molecule has 5 heteroatoms. The van der Waals surface area contributed by atoms with Crippen molar-refractivity contribution in [3.05, 3.63) is 29.8 Å². The zero-order chi connectivity index (χ0) is 15.3. The summed E-state index contributed by atoms with van der Waals surface area (Å²) in [5.41, 5.74) is 0.865. The first-order valence-corrected chi connectivity index (χ1v) is 9.24. The summed E-state index contributed by atoms with van der Waals surface area (Å²) in [5, 5.41) is 3.33. The highest BCUT2D eigenvalue weighted by Crippen LogP contribution is 2.23. The summed E-state index contributed by atoms with van der Waals surface area (Å²) in [6.45, 7) is 7.07. The van der Waals surface area contributed by atoms with Crippen LogP contribution in [0.3, 0.4) is 0 Å². The molecule has 1 fully saturated rings. The van der Waals surface area contributed by atoms with E-state index in [0.29, 0.717) is 30.4 Å². The van der Waals surface area contributed by atoms with Gasteiger partial charge in [-0.3, -0.25) is 0 Å². The summed E-state index contributed by atoms with van der Waals surface area (Å²) < 4.78 is 27.2. The zero-order valence-corrected chi connectivity index (χ0v) is 13.8. The average Bonchev–Trinajstić information content (AvgIpc) is 2.48. The summed E-state index contributed by atoms with van der Waals surface area (Å²) >= 11 is 0. The van der Waals surface area contributed by atoms with Gasteiger partial charge in [-0.1, -0.05) is 38.5 Å². The fraction of sp³-hybridized carbons (Fsp3) is 0.625. The normalized spacial score (nSPS) is 17.3. The Hall–Kier alpha value is -0.910. The maximum Gasteiger partial charge on any atom is 0.243 e. The van der Waals surface area contributed by atoms with Crippen LogP contribution in [0.2, 0.25) is 0 Å². The minimum absolute atomic E-state index is 0.461. The first-order chi connectivity index (χ1) is 10.0. The van der Waals surface area contributed by atoms with Crippen LogP contribution in [0, 0.1) is 5.92 Å². The first-order valence-electron chi connectivity index (χ1n) is 7.80. The molecule has 0 radical (unpaired) electrons. The van der Waals surface area contributed by atoms with Crippen LogP contribution >= 0.6 is 0 Å². The molecular formula is C16H26N2O2S. The van der Waals surface area contributed by atoms with E-state index in [9.17, 15) is 8.42 Å². The van der Waals surface area contributed by atoms with Crippen molar-refractivity contribution in [1.82, 2.24) is 9.62 Å². The molecule has 0 aromatic heterocycles. The topological polar surface area (TPSA) is 49.4 Å². The maximum absolute atomic E-state index is 12.8. The van der Waals surface area contributed by atoms with E-state index in [-0.39, 0.29) is 0 Å². The Balaban J connectivity index is 2.18. The molecule has 0 aliphatic carbocycles. The summed E-state index contributed by atoms with van der Waals surface area (Å²) in [5.74, 6) is 0.552. The third-order valence-electron chi connectivity index (χ3n) is 3.77. The number of nitrogens with one attached hydrogen (secondary N) is 1. The predicted molar refractivity (Wildman–Crippen MR) is 85.6 cm³/mol. The smallest absolute Gasteiger partial charge is 0.243 e. The van der Waals surface area contributed by atoms with Crippen molar-refractivity contribution in [2.24, 2.45) is 5.92 Å². The van der Waals surface area contributed by atoms with Crippen molar-refractivity contribution >= 4 is 10.0 Å². The molecule has 1 aromatic rings. The molecule has 0 atom stereocenters. The number of nitrogens with zero attached hydrogens (tertiary/aromatic N) is 1. The molecule has 118 valence electrons. The lowest BCUT2D eigenvalue weighted by molar-refractivity contribution is 0.346. The second-order valence-electron chi connectivity index (χ2n) is 6.10. The van der Waals surface area contributed by atoms with Crippen molar-refractivity contribution in [3.8, 4) is 0 Å². The number of hydrogen-bond donors (Lipinski definition) is 1. The van der Waals surface area contributed by atoms with Gasteiger partial charge in [0.2, 0.25) is 10.0 Å². The number of benzene rings is 1. The summed E-state index contributed by atoms with van der Waals surface area (Å²) in [7, 11) is -3.35. The monoisotopic (exact) mass is 310 g/mol. The molecule has 1 N–H and O–H groups in total. The highest BCUT2D eigenvalue weighted by atomic mass is 32.2. The average molecular weight is 310 g/mol. The fourth-order valence-electron chi connectivity index (χ4n) is 2.64. The van der Waals surface area contributed by atoms with Crippen LogP contribution < -0.4 is 5.32 Å². The van der Waals surface area contributed by atoms with Crippen molar-refractivity contribution in [2.75, 3.05) is 19.6 Å². The van der Waals surface area contributed by atoms with Crippen molar-refractivity contribution in [1.29, 1.82) is 0 Å². The van der Waals surface area contributed by atoms with E-state index in [4.69, 9.17) is 0 Å². The van der Waals surface area contributed by atoms with Gasteiger partial charge in [0.1, 0.15) is 0 Å². The Morgan fingerprint density at radius 3 is 2.48 bits per heavy atom. The molecule has 0 amide bonds. The molecular weight excluding hydrogens is 284 g/mol. The Labute approximate surface area is 128 Å². The predicted octanol–water partition coefficient (Wildman–Crippen LogP) is 2.61. The summed E-state index contributed by atoms with van der Waals surface area (Å²) in [6.07, 6.45) is 3.06. The van der Waals surface area contributed by atoms with Crippen LogP contribution in [0.15, 0.2) is 29.2 Å². The van der Waals surface area contributed by atoms with E-state index in [0.717, 1.165) is 31.4 Å². The first kappa shape index (κ1) is 16.5. The zero-order valence-electron chi connectivity index (χ0n) is 13.0. The minimum Gasteiger partial charge on any atom is -0.312 e. The Morgan fingerprint density at radius 2 is 1.81 bits per heavy atom. The van der Waals surface area contributed by atoms with Crippen LogP contribution in [0.4, 0.5) is 0 Å². The molecule has 1 aromatic carbocycles. The van der Waals surface area contributed by atoms with Gasteiger partial charge >= 0.3 is 0 Å². The molecule has 21 heavy (non-hydrogen) atoms. The Morgan fingerprint density at radius 1 is 1.14 bits per heavy atom. The van der Waals surface area contributed by atoms with Crippen LogP contribution in [0.25, 0.3) is 0 Å². The maximum atomic E-state index is 12.8. The molecule has 1 saturated heterocycles. The summed E-state index contributed by atoms with van der Waals surface area (Å²) in [4.78, 5) is 0.461. The highest BCUT2D eigenvalue weighted by Gasteiger charge is 2.27. The molecule has 1 heterocycles. The molecule has 1 aliphatic rings. The third-order valence-corrected chi connectivity index (χ3v) is 5.77.